The molecule has 2 N–H and O–H groups in total. The predicted octanol–water partition coefficient (Wildman–Crippen LogP) is 2.20. The highest BCUT2D eigenvalue weighted by Gasteiger charge is 2.22. The topological polar surface area (TPSA) is 42.1 Å². The summed E-state index contributed by atoms with van der Waals surface area (Å²) in [7, 11) is 0. The lowest BCUT2D eigenvalue weighted by molar-refractivity contribution is 0.133. The van der Waals surface area contributed by atoms with Gasteiger partial charge in [0.1, 0.15) is 0 Å². The number of aromatic nitrogens is 1. The lowest BCUT2D eigenvalue weighted by Gasteiger charge is -2.34. The summed E-state index contributed by atoms with van der Waals surface area (Å²) in [5.41, 5.74) is 6.75. The van der Waals surface area contributed by atoms with Crippen LogP contribution in [0.25, 0.3) is 0 Å². The number of hydrogen-bond donors (Lipinski definition) is 1. The summed E-state index contributed by atoms with van der Waals surface area (Å²) in [5, 5.41) is 2.75. The Labute approximate surface area is 95.3 Å². The van der Waals surface area contributed by atoms with Crippen LogP contribution in [0.4, 0.5) is 5.13 Å². The Morgan fingerprint density at radius 3 is 2.67 bits per heavy atom. The fourth-order valence-corrected chi connectivity index (χ4v) is 3.10. The Hall–Kier alpha value is -0.610. The largest absolute Gasteiger partial charge is 0.375 e. The van der Waals surface area contributed by atoms with E-state index in [0.717, 1.165) is 24.1 Å². The average Bonchev–Trinajstić information content (AvgIpc) is 2.49. The van der Waals surface area contributed by atoms with Gasteiger partial charge in [-0.25, -0.2) is 4.98 Å². The Morgan fingerprint density at radius 2 is 2.13 bits per heavy atom. The SMILES string of the molecule is CC1CC(C)CN(Cc2csc(N)n2)C1. The molecule has 0 spiro atoms. The van der Waals surface area contributed by atoms with Crippen LogP contribution in [0.5, 0.6) is 0 Å². The minimum absolute atomic E-state index is 0.683. The lowest BCUT2D eigenvalue weighted by atomic mass is 9.92. The molecule has 1 aliphatic rings. The number of hydrogen-bond acceptors (Lipinski definition) is 4. The molecular weight excluding hydrogens is 206 g/mol. The lowest BCUT2D eigenvalue weighted by Crippen LogP contribution is -2.38. The van der Waals surface area contributed by atoms with Gasteiger partial charge in [-0.2, -0.15) is 0 Å². The summed E-state index contributed by atoms with van der Waals surface area (Å²) in [6.45, 7) is 8.02. The number of nitrogens with two attached hydrogens (primary N) is 1. The van der Waals surface area contributed by atoms with E-state index in [1.165, 1.54) is 30.8 Å². The van der Waals surface area contributed by atoms with Crippen LogP contribution < -0.4 is 5.73 Å². The number of rotatable bonds is 2. The molecule has 2 unspecified atom stereocenters. The molecule has 15 heavy (non-hydrogen) atoms. The molecule has 4 heteroatoms. The Balaban J connectivity index is 1.94. The van der Waals surface area contributed by atoms with Crippen LogP contribution in [0.1, 0.15) is 26.0 Å². The monoisotopic (exact) mass is 225 g/mol. The van der Waals surface area contributed by atoms with Gasteiger partial charge in [0.25, 0.3) is 0 Å². The Kier molecular flexibility index (Phi) is 3.26. The second-order valence-corrected chi connectivity index (χ2v) is 5.71. The summed E-state index contributed by atoms with van der Waals surface area (Å²) >= 11 is 1.53. The number of piperidine rings is 1. The van der Waals surface area contributed by atoms with E-state index in [1.54, 1.807) is 0 Å². The maximum absolute atomic E-state index is 5.63. The highest BCUT2D eigenvalue weighted by atomic mass is 32.1. The fourth-order valence-electron chi connectivity index (χ4n) is 2.55. The van der Waals surface area contributed by atoms with E-state index in [9.17, 15) is 0 Å². The van der Waals surface area contributed by atoms with E-state index in [-0.39, 0.29) is 0 Å². The van der Waals surface area contributed by atoms with E-state index in [2.05, 4.69) is 29.1 Å². The van der Waals surface area contributed by atoms with Crippen molar-refractivity contribution in [1.82, 2.24) is 9.88 Å². The molecular formula is C11H19N3S. The van der Waals surface area contributed by atoms with Crippen molar-refractivity contribution in [3.63, 3.8) is 0 Å². The zero-order chi connectivity index (χ0) is 10.8. The van der Waals surface area contributed by atoms with Crippen LogP contribution in [0.3, 0.4) is 0 Å². The minimum atomic E-state index is 0.683. The molecule has 0 aliphatic carbocycles. The molecule has 1 fully saturated rings. The van der Waals surface area contributed by atoms with Crippen LogP contribution in [-0.2, 0) is 6.54 Å². The smallest absolute Gasteiger partial charge is 0.180 e. The van der Waals surface area contributed by atoms with E-state index in [0.29, 0.717) is 5.13 Å². The van der Waals surface area contributed by atoms with Crippen LogP contribution in [0.15, 0.2) is 5.38 Å². The highest BCUT2D eigenvalue weighted by molar-refractivity contribution is 7.13. The van der Waals surface area contributed by atoms with Crippen LogP contribution >= 0.6 is 11.3 Å². The van der Waals surface area contributed by atoms with E-state index >= 15 is 0 Å². The molecule has 1 aliphatic heterocycles. The highest BCUT2D eigenvalue weighted by Crippen LogP contribution is 2.23. The molecule has 0 bridgehead atoms. The molecule has 84 valence electrons. The fraction of sp³-hybridized carbons (Fsp3) is 0.727. The summed E-state index contributed by atoms with van der Waals surface area (Å²) < 4.78 is 0. The maximum Gasteiger partial charge on any atom is 0.180 e. The number of likely N-dealkylation sites (tertiary alicyclic amines) is 1. The number of nitrogens with zero attached hydrogens (tertiary/aromatic N) is 2. The van der Waals surface area contributed by atoms with Gasteiger partial charge in [-0.3, -0.25) is 4.90 Å². The molecule has 1 aromatic rings. The molecule has 0 amide bonds. The van der Waals surface area contributed by atoms with Crippen molar-refractivity contribution in [3.8, 4) is 0 Å². The molecule has 0 saturated carbocycles. The second kappa shape index (κ2) is 4.49. The molecule has 3 nitrogen and oxygen atoms in total. The van der Waals surface area contributed by atoms with Crippen molar-refractivity contribution in [2.75, 3.05) is 18.8 Å². The normalized spacial score (nSPS) is 28.1. The standard InChI is InChI=1S/C11H19N3S/c1-8-3-9(2)5-14(4-8)6-10-7-15-11(12)13-10/h7-9H,3-6H2,1-2H3,(H2,12,13). The first-order valence-corrected chi connectivity index (χ1v) is 6.43. The van der Waals surface area contributed by atoms with Gasteiger partial charge in [0, 0.05) is 25.0 Å². The van der Waals surface area contributed by atoms with Gasteiger partial charge in [0.2, 0.25) is 0 Å². The third kappa shape index (κ3) is 2.92. The number of anilines is 1. The van der Waals surface area contributed by atoms with Crippen molar-refractivity contribution in [1.29, 1.82) is 0 Å². The van der Waals surface area contributed by atoms with Crippen molar-refractivity contribution in [2.45, 2.75) is 26.8 Å². The first-order valence-electron chi connectivity index (χ1n) is 5.55. The molecule has 2 rings (SSSR count). The van der Waals surface area contributed by atoms with Gasteiger partial charge >= 0.3 is 0 Å². The van der Waals surface area contributed by atoms with Gasteiger partial charge in [-0.15, -0.1) is 11.3 Å². The molecule has 2 heterocycles. The number of nitrogen functional groups attached to an aromatic ring is 1. The maximum atomic E-state index is 5.63. The van der Waals surface area contributed by atoms with Gasteiger partial charge in [0.15, 0.2) is 5.13 Å². The summed E-state index contributed by atoms with van der Waals surface area (Å²) in [5.74, 6) is 1.62. The van der Waals surface area contributed by atoms with Crippen molar-refractivity contribution >= 4 is 16.5 Å². The van der Waals surface area contributed by atoms with Gasteiger partial charge in [-0.1, -0.05) is 13.8 Å². The average molecular weight is 225 g/mol. The molecule has 1 saturated heterocycles. The zero-order valence-corrected chi connectivity index (χ0v) is 10.3. The van der Waals surface area contributed by atoms with Crippen LogP contribution in [0, 0.1) is 11.8 Å². The number of thiazole rings is 1. The summed E-state index contributed by atoms with van der Waals surface area (Å²) in [6, 6.07) is 0. The van der Waals surface area contributed by atoms with E-state index < -0.39 is 0 Å². The Morgan fingerprint density at radius 1 is 1.47 bits per heavy atom. The second-order valence-electron chi connectivity index (χ2n) is 4.82. The minimum Gasteiger partial charge on any atom is -0.375 e. The van der Waals surface area contributed by atoms with Gasteiger partial charge < -0.3 is 5.73 Å². The quantitative estimate of drug-likeness (QED) is 0.839. The van der Waals surface area contributed by atoms with Crippen molar-refractivity contribution in [3.05, 3.63) is 11.1 Å². The van der Waals surface area contributed by atoms with E-state index in [1.807, 2.05) is 0 Å². The van der Waals surface area contributed by atoms with Gasteiger partial charge in [-0.05, 0) is 18.3 Å². The molecule has 0 aromatic carbocycles. The third-order valence-electron chi connectivity index (χ3n) is 2.90. The van der Waals surface area contributed by atoms with Crippen LogP contribution in [-0.4, -0.2) is 23.0 Å². The zero-order valence-electron chi connectivity index (χ0n) is 9.44. The first kappa shape index (κ1) is 10.9. The summed E-state index contributed by atoms with van der Waals surface area (Å²) in [4.78, 5) is 6.80. The van der Waals surface area contributed by atoms with Gasteiger partial charge in [0.05, 0.1) is 5.69 Å². The predicted molar refractivity (Wildman–Crippen MR) is 64.7 cm³/mol. The molecule has 1 aromatic heterocycles. The summed E-state index contributed by atoms with van der Waals surface area (Å²) in [6.07, 6.45) is 1.36. The van der Waals surface area contributed by atoms with Crippen molar-refractivity contribution < 1.29 is 0 Å². The third-order valence-corrected chi connectivity index (χ3v) is 3.62. The molecule has 2 atom stereocenters. The van der Waals surface area contributed by atoms with Crippen molar-refractivity contribution in [2.24, 2.45) is 11.8 Å². The van der Waals surface area contributed by atoms with Crippen LogP contribution in [0.2, 0.25) is 0 Å². The molecule has 0 radical (unpaired) electrons. The first-order chi connectivity index (χ1) is 7.13. The van der Waals surface area contributed by atoms with E-state index in [4.69, 9.17) is 5.73 Å². The Bertz CT molecular complexity index is 313.